The van der Waals surface area contributed by atoms with Crippen LogP contribution in [0.4, 0.5) is 10.2 Å². The molecule has 1 N–H and O–H groups in total. The van der Waals surface area contributed by atoms with Crippen molar-refractivity contribution >= 4 is 21.7 Å². The van der Waals surface area contributed by atoms with Crippen molar-refractivity contribution in [1.82, 2.24) is 23.9 Å². The first-order valence-electron chi connectivity index (χ1n) is 9.89. The fourth-order valence-electron chi connectivity index (χ4n) is 3.60. The summed E-state index contributed by atoms with van der Waals surface area (Å²) >= 11 is 0. The van der Waals surface area contributed by atoms with E-state index in [0.29, 0.717) is 30.8 Å². The number of rotatable bonds is 6. The molecule has 3 heterocycles. The van der Waals surface area contributed by atoms with Gasteiger partial charge in [-0.25, -0.2) is 12.8 Å². The van der Waals surface area contributed by atoms with Gasteiger partial charge in [0.2, 0.25) is 15.9 Å². The van der Waals surface area contributed by atoms with E-state index in [9.17, 15) is 17.6 Å². The lowest BCUT2D eigenvalue weighted by atomic mass is 9.99. The van der Waals surface area contributed by atoms with Gasteiger partial charge in [0.15, 0.2) is 5.82 Å². The van der Waals surface area contributed by atoms with Gasteiger partial charge in [-0.3, -0.25) is 14.2 Å². The van der Waals surface area contributed by atoms with Crippen LogP contribution in [0.25, 0.3) is 0 Å². The number of piperidine rings is 1. The molecule has 4 rings (SSSR count). The van der Waals surface area contributed by atoms with Crippen LogP contribution in [-0.4, -0.2) is 51.3 Å². The van der Waals surface area contributed by atoms with Crippen molar-refractivity contribution < 1.29 is 17.6 Å². The molecule has 2 aromatic heterocycles. The number of anilines is 1. The first kappa shape index (κ1) is 21.2. The minimum absolute atomic E-state index is 0.0962. The zero-order valence-corrected chi connectivity index (χ0v) is 17.8. The van der Waals surface area contributed by atoms with Crippen molar-refractivity contribution in [2.75, 3.05) is 18.4 Å². The Bertz CT molecular complexity index is 1190. The van der Waals surface area contributed by atoms with Gasteiger partial charge in [0, 0.05) is 44.2 Å². The molecule has 1 amide bonds. The lowest BCUT2D eigenvalue weighted by Crippen LogP contribution is -2.43. The van der Waals surface area contributed by atoms with Gasteiger partial charge in [-0.05, 0) is 18.9 Å². The Morgan fingerprint density at radius 3 is 2.84 bits per heavy atom. The Kier molecular flexibility index (Phi) is 5.88. The average Bonchev–Trinajstić information content (AvgIpc) is 3.39. The largest absolute Gasteiger partial charge is 0.309 e. The summed E-state index contributed by atoms with van der Waals surface area (Å²) in [6.07, 6.45) is 5.57. The standard InChI is InChI=1S/C20H23FN6O3S/c1-25-14-17(11-22-25)31(29,30)27-9-4-6-16(13-27)20(28)23-19-8-10-26(24-19)12-15-5-2-3-7-18(15)21/h2-3,5,7-8,10-11,14,16H,4,6,9,12-13H2,1H3,(H,23,24,28)/t16-/m1/s1. The Morgan fingerprint density at radius 1 is 1.29 bits per heavy atom. The molecule has 1 aliphatic rings. The normalized spacial score (nSPS) is 17.5. The number of hydrogen-bond acceptors (Lipinski definition) is 5. The fourth-order valence-corrected chi connectivity index (χ4v) is 5.11. The maximum atomic E-state index is 13.8. The van der Waals surface area contributed by atoms with Gasteiger partial charge in [-0.15, -0.1) is 0 Å². The van der Waals surface area contributed by atoms with Gasteiger partial charge in [-0.2, -0.15) is 14.5 Å². The molecular weight excluding hydrogens is 423 g/mol. The van der Waals surface area contributed by atoms with Gasteiger partial charge in [0.1, 0.15) is 10.7 Å². The van der Waals surface area contributed by atoms with E-state index in [1.54, 1.807) is 37.5 Å². The summed E-state index contributed by atoms with van der Waals surface area (Å²) in [4.78, 5) is 12.9. The molecular formula is C20H23FN6O3S. The molecule has 164 valence electrons. The number of sulfonamides is 1. The molecule has 0 radical (unpaired) electrons. The Balaban J connectivity index is 1.40. The first-order chi connectivity index (χ1) is 14.8. The van der Waals surface area contributed by atoms with Crippen molar-refractivity contribution in [2.24, 2.45) is 13.0 Å². The van der Waals surface area contributed by atoms with Crippen LogP contribution in [0.2, 0.25) is 0 Å². The van der Waals surface area contributed by atoms with E-state index < -0.39 is 15.9 Å². The summed E-state index contributed by atoms with van der Waals surface area (Å²) in [7, 11) is -2.05. The van der Waals surface area contributed by atoms with E-state index in [1.807, 2.05) is 0 Å². The van der Waals surface area contributed by atoms with Crippen LogP contribution in [0.1, 0.15) is 18.4 Å². The maximum Gasteiger partial charge on any atom is 0.246 e. The lowest BCUT2D eigenvalue weighted by molar-refractivity contribution is -0.120. The second-order valence-electron chi connectivity index (χ2n) is 7.53. The van der Waals surface area contributed by atoms with Gasteiger partial charge >= 0.3 is 0 Å². The summed E-state index contributed by atoms with van der Waals surface area (Å²) in [5.41, 5.74) is 0.493. The minimum atomic E-state index is -3.70. The molecule has 3 aromatic rings. The molecule has 1 saturated heterocycles. The van der Waals surface area contributed by atoms with E-state index in [1.165, 1.54) is 32.1 Å². The summed E-state index contributed by atoms with van der Waals surface area (Å²) in [6.45, 7) is 0.695. The first-order valence-corrected chi connectivity index (χ1v) is 11.3. The van der Waals surface area contributed by atoms with Crippen molar-refractivity contribution in [3.63, 3.8) is 0 Å². The zero-order chi connectivity index (χ0) is 22.0. The van der Waals surface area contributed by atoms with Gasteiger partial charge < -0.3 is 5.32 Å². The number of nitrogens with zero attached hydrogens (tertiary/aromatic N) is 5. The van der Waals surface area contributed by atoms with E-state index in [2.05, 4.69) is 15.5 Å². The molecule has 11 heteroatoms. The van der Waals surface area contributed by atoms with Crippen molar-refractivity contribution in [1.29, 1.82) is 0 Å². The van der Waals surface area contributed by atoms with E-state index in [-0.39, 0.29) is 29.7 Å². The predicted molar refractivity (Wildman–Crippen MR) is 111 cm³/mol. The molecule has 1 aliphatic heterocycles. The third-order valence-corrected chi connectivity index (χ3v) is 7.07. The monoisotopic (exact) mass is 446 g/mol. The van der Waals surface area contributed by atoms with Gasteiger partial charge in [0.25, 0.3) is 0 Å². The summed E-state index contributed by atoms with van der Waals surface area (Å²) < 4.78 is 43.8. The summed E-state index contributed by atoms with van der Waals surface area (Å²) in [5.74, 6) is -0.756. The number of halogens is 1. The fraction of sp³-hybridized carbons (Fsp3) is 0.350. The van der Waals surface area contributed by atoms with E-state index in [4.69, 9.17) is 0 Å². The van der Waals surface area contributed by atoms with Crippen LogP contribution in [-0.2, 0) is 28.4 Å². The Morgan fingerprint density at radius 2 is 2.10 bits per heavy atom. The average molecular weight is 447 g/mol. The molecule has 0 saturated carbocycles. The molecule has 0 spiro atoms. The smallest absolute Gasteiger partial charge is 0.246 e. The number of amides is 1. The molecule has 0 aliphatic carbocycles. The number of benzene rings is 1. The zero-order valence-electron chi connectivity index (χ0n) is 17.0. The number of hydrogen-bond donors (Lipinski definition) is 1. The highest BCUT2D eigenvalue weighted by Gasteiger charge is 2.34. The highest BCUT2D eigenvalue weighted by Crippen LogP contribution is 2.24. The summed E-state index contributed by atoms with van der Waals surface area (Å²) in [5, 5.41) is 10.9. The minimum Gasteiger partial charge on any atom is -0.309 e. The Hall–Kier alpha value is -3.05. The molecule has 1 aromatic carbocycles. The summed E-state index contributed by atoms with van der Waals surface area (Å²) in [6, 6.07) is 8.06. The number of carbonyl (C=O) groups excluding carboxylic acids is 1. The highest BCUT2D eigenvalue weighted by molar-refractivity contribution is 7.89. The topological polar surface area (TPSA) is 102 Å². The Labute approximate surface area is 179 Å². The number of nitrogens with one attached hydrogen (secondary N) is 1. The predicted octanol–water partition coefficient (Wildman–Crippen LogP) is 1.84. The van der Waals surface area contributed by atoms with Crippen LogP contribution in [0.15, 0.2) is 53.8 Å². The van der Waals surface area contributed by atoms with Gasteiger partial charge in [-0.1, -0.05) is 18.2 Å². The van der Waals surface area contributed by atoms with Crippen LogP contribution in [0.5, 0.6) is 0 Å². The van der Waals surface area contributed by atoms with E-state index >= 15 is 0 Å². The third-order valence-electron chi connectivity index (χ3n) is 5.26. The SMILES string of the molecule is Cn1cc(S(=O)(=O)N2CCC[C@@H](C(=O)Nc3ccn(Cc4ccccc4F)n3)C2)cn1. The van der Waals surface area contributed by atoms with Crippen LogP contribution in [0.3, 0.4) is 0 Å². The van der Waals surface area contributed by atoms with Crippen LogP contribution >= 0.6 is 0 Å². The second-order valence-corrected chi connectivity index (χ2v) is 9.47. The second kappa shape index (κ2) is 8.60. The molecule has 9 nitrogen and oxygen atoms in total. The van der Waals surface area contributed by atoms with E-state index in [0.717, 1.165) is 0 Å². The third kappa shape index (κ3) is 4.67. The quantitative estimate of drug-likeness (QED) is 0.623. The van der Waals surface area contributed by atoms with Crippen LogP contribution < -0.4 is 5.32 Å². The molecule has 1 atom stereocenters. The van der Waals surface area contributed by atoms with Crippen molar-refractivity contribution in [3.05, 3.63) is 60.3 Å². The molecule has 31 heavy (non-hydrogen) atoms. The molecule has 0 bridgehead atoms. The number of aryl methyl sites for hydroxylation is 1. The molecule has 1 fully saturated rings. The maximum absolute atomic E-state index is 13.8. The van der Waals surface area contributed by atoms with Gasteiger partial charge in [0.05, 0.1) is 18.7 Å². The number of aromatic nitrogens is 4. The van der Waals surface area contributed by atoms with Crippen molar-refractivity contribution in [3.8, 4) is 0 Å². The lowest BCUT2D eigenvalue weighted by Gasteiger charge is -2.30. The van der Waals surface area contributed by atoms with Crippen molar-refractivity contribution in [2.45, 2.75) is 24.3 Å². The number of carbonyl (C=O) groups is 1. The van der Waals surface area contributed by atoms with Crippen LogP contribution in [0, 0.1) is 11.7 Å². The highest BCUT2D eigenvalue weighted by atomic mass is 32.2. The molecule has 0 unspecified atom stereocenters.